The monoisotopic (exact) mass is 537 g/mol. The Hall–Kier alpha value is -3.12. The standard InChI is InChI=1S/C23H24ClN3O6S2/c1-16-3-12-21(33-2)22(13-16)35(31,32)27(19-8-6-18(24)7-9-19)15-23(28)26-14-17-4-10-20(11-5-17)34(25,29)30/h3-13H,14-15H2,1-2H3,(H,26,28)(H2,25,29,30). The van der Waals surface area contributed by atoms with Gasteiger partial charge in [-0.1, -0.05) is 29.8 Å². The first kappa shape index (κ1) is 26.5. The predicted octanol–water partition coefficient (Wildman–Crippen LogP) is 2.82. The van der Waals surface area contributed by atoms with Crippen LogP contribution >= 0.6 is 11.6 Å². The summed E-state index contributed by atoms with van der Waals surface area (Å²) in [5.41, 5.74) is 1.55. The number of ether oxygens (including phenoxy) is 1. The highest BCUT2D eigenvalue weighted by Gasteiger charge is 2.30. The van der Waals surface area contributed by atoms with Gasteiger partial charge in [-0.3, -0.25) is 9.10 Å². The lowest BCUT2D eigenvalue weighted by molar-refractivity contribution is -0.119. The highest BCUT2D eigenvalue weighted by Crippen LogP contribution is 2.31. The van der Waals surface area contributed by atoms with Gasteiger partial charge in [-0.15, -0.1) is 0 Å². The van der Waals surface area contributed by atoms with E-state index in [0.29, 0.717) is 16.1 Å². The lowest BCUT2D eigenvalue weighted by Crippen LogP contribution is -2.40. The summed E-state index contributed by atoms with van der Waals surface area (Å²) in [6.45, 7) is 1.28. The van der Waals surface area contributed by atoms with Gasteiger partial charge in [0.2, 0.25) is 15.9 Å². The van der Waals surface area contributed by atoms with E-state index in [4.69, 9.17) is 21.5 Å². The molecule has 1 amide bonds. The van der Waals surface area contributed by atoms with Gasteiger partial charge < -0.3 is 10.1 Å². The fourth-order valence-electron chi connectivity index (χ4n) is 3.21. The maximum absolute atomic E-state index is 13.7. The Labute approximate surface area is 209 Å². The van der Waals surface area contributed by atoms with Crippen LogP contribution in [0.15, 0.2) is 76.5 Å². The number of halogens is 1. The molecule has 3 aromatic rings. The predicted molar refractivity (Wildman–Crippen MR) is 133 cm³/mol. The normalized spacial score (nSPS) is 11.7. The van der Waals surface area contributed by atoms with Gasteiger partial charge in [-0.25, -0.2) is 22.0 Å². The quantitative estimate of drug-likeness (QED) is 0.431. The van der Waals surface area contributed by atoms with Crippen LogP contribution in [-0.4, -0.2) is 36.4 Å². The Morgan fingerprint density at radius 3 is 2.20 bits per heavy atom. The van der Waals surface area contributed by atoms with E-state index >= 15 is 0 Å². The second-order valence-electron chi connectivity index (χ2n) is 7.61. The molecule has 0 saturated heterocycles. The molecule has 0 bridgehead atoms. The van der Waals surface area contributed by atoms with Crippen molar-refractivity contribution in [1.82, 2.24) is 5.32 Å². The molecule has 0 fully saturated rings. The van der Waals surface area contributed by atoms with E-state index in [9.17, 15) is 21.6 Å². The SMILES string of the molecule is COc1ccc(C)cc1S(=O)(=O)N(CC(=O)NCc1ccc(S(N)(=O)=O)cc1)c1ccc(Cl)cc1. The first-order valence-corrected chi connectivity index (χ1v) is 13.6. The lowest BCUT2D eigenvalue weighted by atomic mass is 10.2. The molecule has 0 aliphatic heterocycles. The molecule has 0 aliphatic carbocycles. The van der Waals surface area contributed by atoms with E-state index in [1.807, 2.05) is 0 Å². The van der Waals surface area contributed by atoms with E-state index in [-0.39, 0.29) is 27.8 Å². The maximum Gasteiger partial charge on any atom is 0.268 e. The molecule has 0 radical (unpaired) electrons. The maximum atomic E-state index is 13.7. The van der Waals surface area contributed by atoms with Crippen molar-refractivity contribution in [1.29, 1.82) is 0 Å². The molecule has 3 aromatic carbocycles. The second-order valence-corrected chi connectivity index (χ2v) is 11.4. The Morgan fingerprint density at radius 2 is 1.63 bits per heavy atom. The van der Waals surface area contributed by atoms with E-state index < -0.39 is 32.5 Å². The number of carbonyl (C=O) groups is 1. The molecule has 186 valence electrons. The van der Waals surface area contributed by atoms with Gasteiger partial charge in [-0.05, 0) is 66.6 Å². The van der Waals surface area contributed by atoms with Crippen LogP contribution in [0.3, 0.4) is 0 Å². The zero-order valence-electron chi connectivity index (χ0n) is 18.9. The number of rotatable bonds is 9. The topological polar surface area (TPSA) is 136 Å². The smallest absolute Gasteiger partial charge is 0.268 e. The first-order chi connectivity index (χ1) is 16.4. The van der Waals surface area contributed by atoms with Crippen molar-refractivity contribution in [2.45, 2.75) is 23.3 Å². The number of amides is 1. The minimum absolute atomic E-state index is 0.0476. The number of primary sulfonamides is 1. The zero-order valence-corrected chi connectivity index (χ0v) is 21.3. The van der Waals surface area contributed by atoms with Gasteiger partial charge in [0.15, 0.2) is 0 Å². The Balaban J connectivity index is 1.87. The van der Waals surface area contributed by atoms with Gasteiger partial charge in [0.1, 0.15) is 17.2 Å². The van der Waals surface area contributed by atoms with Crippen molar-refractivity contribution in [3.05, 3.63) is 82.9 Å². The van der Waals surface area contributed by atoms with Crippen LogP contribution in [0.4, 0.5) is 5.69 Å². The van der Waals surface area contributed by atoms with E-state index in [1.165, 1.54) is 61.7 Å². The number of hydrogen-bond acceptors (Lipinski definition) is 6. The zero-order chi connectivity index (χ0) is 25.8. The number of nitrogens with one attached hydrogen (secondary N) is 1. The Bertz CT molecular complexity index is 1430. The molecule has 0 aliphatic rings. The third-order valence-corrected chi connectivity index (χ3v) is 8.01. The Morgan fingerprint density at radius 1 is 1.00 bits per heavy atom. The number of aryl methyl sites for hydroxylation is 1. The van der Waals surface area contributed by atoms with Crippen LogP contribution in [0.25, 0.3) is 0 Å². The third-order valence-electron chi connectivity index (χ3n) is 5.03. The van der Waals surface area contributed by atoms with Crippen molar-refractivity contribution >= 4 is 43.2 Å². The van der Waals surface area contributed by atoms with Crippen molar-refractivity contribution in [2.24, 2.45) is 5.14 Å². The molecule has 12 heteroatoms. The molecule has 0 spiro atoms. The number of sulfonamides is 2. The van der Waals surface area contributed by atoms with Gasteiger partial charge in [0.25, 0.3) is 10.0 Å². The molecule has 0 heterocycles. The average molecular weight is 538 g/mol. The molecule has 0 unspecified atom stereocenters. The fraction of sp³-hybridized carbons (Fsp3) is 0.174. The largest absolute Gasteiger partial charge is 0.495 e. The van der Waals surface area contributed by atoms with E-state index in [1.54, 1.807) is 19.1 Å². The minimum atomic E-state index is -4.21. The fourth-order valence-corrected chi connectivity index (χ4v) is 5.52. The summed E-state index contributed by atoms with van der Waals surface area (Å²) >= 11 is 5.97. The van der Waals surface area contributed by atoms with Gasteiger partial charge in [0.05, 0.1) is 17.7 Å². The minimum Gasteiger partial charge on any atom is -0.495 e. The molecular weight excluding hydrogens is 514 g/mol. The summed E-state index contributed by atoms with van der Waals surface area (Å²) in [5, 5.41) is 8.15. The van der Waals surface area contributed by atoms with Gasteiger partial charge in [0, 0.05) is 11.6 Å². The molecule has 0 saturated carbocycles. The molecule has 0 aromatic heterocycles. The van der Waals surface area contributed by atoms with E-state index in [2.05, 4.69) is 5.32 Å². The molecule has 0 atom stereocenters. The summed E-state index contributed by atoms with van der Waals surface area (Å²) in [7, 11) is -6.68. The van der Waals surface area contributed by atoms with Crippen LogP contribution in [0.2, 0.25) is 5.02 Å². The van der Waals surface area contributed by atoms with Gasteiger partial charge in [-0.2, -0.15) is 0 Å². The number of carbonyl (C=O) groups excluding carboxylic acids is 1. The van der Waals surface area contributed by atoms with E-state index in [0.717, 1.165) is 4.31 Å². The first-order valence-electron chi connectivity index (χ1n) is 10.2. The van der Waals surface area contributed by atoms with Crippen LogP contribution < -0.4 is 19.5 Å². The third kappa shape index (κ3) is 6.51. The van der Waals surface area contributed by atoms with Crippen molar-refractivity contribution < 1.29 is 26.4 Å². The van der Waals surface area contributed by atoms with Crippen LogP contribution in [0.5, 0.6) is 5.75 Å². The summed E-state index contributed by atoms with van der Waals surface area (Å²) in [6, 6.07) is 16.5. The molecule has 3 N–H and O–H groups in total. The number of nitrogens with two attached hydrogens (primary N) is 1. The number of anilines is 1. The van der Waals surface area contributed by atoms with Crippen molar-refractivity contribution in [3.8, 4) is 5.75 Å². The lowest BCUT2D eigenvalue weighted by Gasteiger charge is -2.25. The summed E-state index contributed by atoms with van der Waals surface area (Å²) in [4.78, 5) is 12.7. The van der Waals surface area contributed by atoms with Crippen LogP contribution in [-0.2, 0) is 31.4 Å². The average Bonchev–Trinajstić information content (AvgIpc) is 2.81. The summed E-state index contributed by atoms with van der Waals surface area (Å²) in [6.07, 6.45) is 0. The molecule has 9 nitrogen and oxygen atoms in total. The summed E-state index contributed by atoms with van der Waals surface area (Å²) in [5.74, 6) is -0.435. The highest BCUT2D eigenvalue weighted by molar-refractivity contribution is 7.93. The number of nitrogens with zero attached hydrogens (tertiary/aromatic N) is 1. The second kappa shape index (κ2) is 10.6. The molecule has 35 heavy (non-hydrogen) atoms. The highest BCUT2D eigenvalue weighted by atomic mass is 35.5. The summed E-state index contributed by atoms with van der Waals surface area (Å²) < 4.78 is 56.3. The number of methoxy groups -OCH3 is 1. The van der Waals surface area contributed by atoms with Gasteiger partial charge >= 0.3 is 0 Å². The number of hydrogen-bond donors (Lipinski definition) is 2. The van der Waals surface area contributed by atoms with Crippen LogP contribution in [0, 0.1) is 6.92 Å². The Kier molecular flexibility index (Phi) is 8.06. The molecular formula is C23H24ClN3O6S2. The van der Waals surface area contributed by atoms with Crippen molar-refractivity contribution in [3.63, 3.8) is 0 Å². The number of benzene rings is 3. The van der Waals surface area contributed by atoms with Crippen LogP contribution in [0.1, 0.15) is 11.1 Å². The van der Waals surface area contributed by atoms with Crippen molar-refractivity contribution in [2.75, 3.05) is 18.0 Å². The molecule has 3 rings (SSSR count).